The summed E-state index contributed by atoms with van der Waals surface area (Å²) in [6.07, 6.45) is 0. The van der Waals surface area contributed by atoms with E-state index < -0.39 is 5.09 Å². The van der Waals surface area contributed by atoms with Crippen LogP contribution in [0.1, 0.15) is 0 Å². The summed E-state index contributed by atoms with van der Waals surface area (Å²) in [7, 11) is 1.49. The van der Waals surface area contributed by atoms with E-state index in [0.717, 1.165) is 0 Å². The molecule has 15 heavy (non-hydrogen) atoms. The van der Waals surface area contributed by atoms with Crippen LogP contribution in [0, 0.1) is 15.9 Å². The smallest absolute Gasteiger partial charge is 0.291 e. The highest BCUT2D eigenvalue weighted by Crippen LogP contribution is 2.23. The number of rotatable bonds is 2. The number of nitrogens with zero attached hydrogens (tertiary/aromatic N) is 1. The first kappa shape index (κ1) is 12.9. The number of nitrogens with one attached hydrogen (secondary N) is 1. The van der Waals surface area contributed by atoms with E-state index in [0.29, 0.717) is 11.4 Å². The SMILES string of the molecule is COc1ccc(F)cc1NN.O=[N+]([O-])O. The van der Waals surface area contributed by atoms with Crippen LogP contribution in [0.2, 0.25) is 0 Å². The van der Waals surface area contributed by atoms with Crippen LogP contribution in [0.3, 0.4) is 0 Å². The van der Waals surface area contributed by atoms with Gasteiger partial charge in [-0.15, -0.1) is 10.1 Å². The highest BCUT2D eigenvalue weighted by molar-refractivity contribution is 5.55. The quantitative estimate of drug-likeness (QED) is 0.385. The molecule has 84 valence electrons. The molecule has 8 heteroatoms. The van der Waals surface area contributed by atoms with Crippen LogP contribution in [-0.2, 0) is 0 Å². The third-order valence-electron chi connectivity index (χ3n) is 1.32. The van der Waals surface area contributed by atoms with Crippen molar-refractivity contribution >= 4 is 5.69 Å². The minimum Gasteiger partial charge on any atom is -0.495 e. The fourth-order valence-electron chi connectivity index (χ4n) is 0.793. The Labute approximate surface area is 84.3 Å². The average molecular weight is 219 g/mol. The van der Waals surface area contributed by atoms with Gasteiger partial charge in [-0.1, -0.05) is 0 Å². The lowest BCUT2D eigenvalue weighted by molar-refractivity contribution is -0.742. The molecule has 0 fully saturated rings. The molecule has 1 rings (SSSR count). The largest absolute Gasteiger partial charge is 0.495 e. The molecule has 7 nitrogen and oxygen atoms in total. The van der Waals surface area contributed by atoms with Crippen molar-refractivity contribution in [1.82, 2.24) is 0 Å². The Morgan fingerprint density at radius 2 is 2.20 bits per heavy atom. The topological polar surface area (TPSA) is 111 Å². The maximum absolute atomic E-state index is 12.5. The number of hydrazine groups is 1. The molecule has 0 aliphatic carbocycles. The minimum atomic E-state index is -1.50. The van der Waals surface area contributed by atoms with Gasteiger partial charge in [0.15, 0.2) is 0 Å². The normalized spacial score (nSPS) is 8.47. The fraction of sp³-hybridized carbons (Fsp3) is 0.143. The molecule has 1 aromatic carbocycles. The van der Waals surface area contributed by atoms with Gasteiger partial charge < -0.3 is 15.4 Å². The molecule has 0 aliphatic heterocycles. The van der Waals surface area contributed by atoms with Crippen LogP contribution < -0.4 is 16.0 Å². The zero-order valence-corrected chi connectivity index (χ0v) is 7.81. The van der Waals surface area contributed by atoms with E-state index in [9.17, 15) is 4.39 Å². The summed E-state index contributed by atoms with van der Waals surface area (Å²) in [6.45, 7) is 0. The molecule has 0 bridgehead atoms. The Morgan fingerprint density at radius 3 is 2.60 bits per heavy atom. The number of halogens is 1. The summed E-state index contributed by atoms with van der Waals surface area (Å²) in [6, 6.07) is 4.07. The Hall–Kier alpha value is -2.09. The monoisotopic (exact) mass is 219 g/mol. The minimum absolute atomic E-state index is 0.348. The molecule has 0 unspecified atom stereocenters. The van der Waals surface area contributed by atoms with Gasteiger partial charge in [0.2, 0.25) is 0 Å². The van der Waals surface area contributed by atoms with Crippen molar-refractivity contribution in [3.8, 4) is 5.75 Å². The molecule has 0 aromatic heterocycles. The summed E-state index contributed by atoms with van der Waals surface area (Å²) in [5, 5.41) is 13.6. The van der Waals surface area contributed by atoms with Crippen molar-refractivity contribution in [3.05, 3.63) is 34.1 Å². The van der Waals surface area contributed by atoms with Crippen molar-refractivity contribution in [2.45, 2.75) is 0 Å². The van der Waals surface area contributed by atoms with Crippen LogP contribution in [0.4, 0.5) is 10.1 Å². The van der Waals surface area contributed by atoms with Gasteiger partial charge in [0.05, 0.1) is 12.8 Å². The second-order valence-electron chi connectivity index (χ2n) is 2.23. The second kappa shape index (κ2) is 6.38. The van der Waals surface area contributed by atoms with Crippen LogP contribution >= 0.6 is 0 Å². The first-order valence-corrected chi connectivity index (χ1v) is 3.64. The Kier molecular flexibility index (Phi) is 5.49. The molecule has 0 atom stereocenters. The van der Waals surface area contributed by atoms with E-state index >= 15 is 0 Å². The van der Waals surface area contributed by atoms with Crippen molar-refractivity contribution < 1.29 is 19.4 Å². The van der Waals surface area contributed by atoms with Gasteiger partial charge in [0.1, 0.15) is 11.6 Å². The number of ether oxygens (including phenoxy) is 1. The summed E-state index contributed by atoms with van der Waals surface area (Å²) in [5.74, 6) is 5.27. The first-order valence-electron chi connectivity index (χ1n) is 3.64. The van der Waals surface area contributed by atoms with Gasteiger partial charge in [-0.3, -0.25) is 5.84 Å². The van der Waals surface area contributed by atoms with Crippen molar-refractivity contribution in [2.75, 3.05) is 12.5 Å². The predicted molar refractivity (Wildman–Crippen MR) is 49.5 cm³/mol. The molecular formula is C7H10FN3O4. The predicted octanol–water partition coefficient (Wildman–Crippen LogP) is 0.772. The highest BCUT2D eigenvalue weighted by Gasteiger charge is 2.00. The molecule has 0 saturated carbocycles. The summed E-state index contributed by atoms with van der Waals surface area (Å²) < 4.78 is 17.4. The number of anilines is 1. The summed E-state index contributed by atoms with van der Waals surface area (Å²) >= 11 is 0. The lowest BCUT2D eigenvalue weighted by atomic mass is 10.3. The molecule has 0 spiro atoms. The van der Waals surface area contributed by atoms with Gasteiger partial charge in [-0.25, -0.2) is 4.39 Å². The molecule has 1 aromatic rings. The van der Waals surface area contributed by atoms with E-state index in [1.807, 2.05) is 0 Å². The molecule has 0 amide bonds. The third-order valence-corrected chi connectivity index (χ3v) is 1.32. The molecular weight excluding hydrogens is 209 g/mol. The van der Waals surface area contributed by atoms with Crippen molar-refractivity contribution in [2.24, 2.45) is 5.84 Å². The zero-order valence-electron chi connectivity index (χ0n) is 7.81. The zero-order chi connectivity index (χ0) is 11.8. The van der Waals surface area contributed by atoms with Crippen LogP contribution in [0.5, 0.6) is 5.75 Å². The Balaban J connectivity index is 0.000000423. The summed E-state index contributed by atoms with van der Waals surface area (Å²) in [4.78, 5) is 8.36. The van der Waals surface area contributed by atoms with Gasteiger partial charge in [0.25, 0.3) is 5.09 Å². The number of nitrogen functional groups attached to an aromatic ring is 1. The van der Waals surface area contributed by atoms with Gasteiger partial charge in [-0.2, -0.15) is 0 Å². The third kappa shape index (κ3) is 5.26. The number of nitrogens with two attached hydrogens (primary N) is 1. The average Bonchev–Trinajstić information content (AvgIpc) is 2.16. The lowest BCUT2D eigenvalue weighted by Crippen LogP contribution is -2.08. The number of hydrogen-bond donors (Lipinski definition) is 3. The van der Waals surface area contributed by atoms with Crippen LogP contribution in [0.25, 0.3) is 0 Å². The van der Waals surface area contributed by atoms with Gasteiger partial charge in [0, 0.05) is 6.07 Å². The molecule has 0 heterocycles. The number of methoxy groups -OCH3 is 1. The summed E-state index contributed by atoms with van der Waals surface area (Å²) in [5.41, 5.74) is 2.76. The van der Waals surface area contributed by atoms with E-state index in [2.05, 4.69) is 5.43 Å². The van der Waals surface area contributed by atoms with Crippen LogP contribution in [0.15, 0.2) is 18.2 Å². The van der Waals surface area contributed by atoms with E-state index in [1.54, 1.807) is 0 Å². The number of benzene rings is 1. The van der Waals surface area contributed by atoms with Crippen molar-refractivity contribution in [3.63, 3.8) is 0 Å². The highest BCUT2D eigenvalue weighted by atomic mass is 19.1. The maximum atomic E-state index is 12.5. The standard InChI is InChI=1S/C7H9FN2O.HNO3/c1-11-7-3-2-5(8)4-6(7)10-9;2-1(3)4/h2-4,10H,9H2,1H3;(H,2,3,4). The fourth-order valence-corrected chi connectivity index (χ4v) is 0.793. The van der Waals surface area contributed by atoms with Crippen molar-refractivity contribution in [1.29, 1.82) is 0 Å². The van der Waals surface area contributed by atoms with E-state index in [4.69, 9.17) is 25.9 Å². The first-order chi connectivity index (χ1) is 7.01. The van der Waals surface area contributed by atoms with Crippen LogP contribution in [-0.4, -0.2) is 17.4 Å². The van der Waals surface area contributed by atoms with E-state index in [-0.39, 0.29) is 5.82 Å². The Morgan fingerprint density at radius 1 is 1.67 bits per heavy atom. The second-order valence-corrected chi connectivity index (χ2v) is 2.23. The lowest BCUT2D eigenvalue weighted by Gasteiger charge is -2.06. The van der Waals surface area contributed by atoms with E-state index in [1.165, 1.54) is 25.3 Å². The molecule has 0 radical (unpaired) electrons. The molecule has 0 saturated heterocycles. The van der Waals surface area contributed by atoms with Gasteiger partial charge >= 0.3 is 0 Å². The molecule has 0 aliphatic rings. The maximum Gasteiger partial charge on any atom is 0.291 e. The molecule has 4 N–H and O–H groups in total. The number of hydrogen-bond acceptors (Lipinski definition) is 5. The van der Waals surface area contributed by atoms with Gasteiger partial charge in [-0.05, 0) is 12.1 Å². The Bertz CT molecular complexity index is 330.